The van der Waals surface area contributed by atoms with Crippen molar-refractivity contribution in [2.45, 2.75) is 6.92 Å². The number of aromatic carboxylic acids is 1. The van der Waals surface area contributed by atoms with Gasteiger partial charge in [0.15, 0.2) is 11.5 Å². The monoisotopic (exact) mass is 413 g/mol. The first kappa shape index (κ1) is 20.3. The van der Waals surface area contributed by atoms with Crippen molar-refractivity contribution in [1.82, 2.24) is 9.78 Å². The van der Waals surface area contributed by atoms with Crippen LogP contribution >= 0.6 is 11.6 Å². The minimum absolute atomic E-state index is 0.0385. The fourth-order valence-electron chi connectivity index (χ4n) is 2.90. The molecule has 2 aromatic carbocycles. The Morgan fingerprint density at radius 2 is 2.10 bits per heavy atom. The summed E-state index contributed by atoms with van der Waals surface area (Å²) in [4.78, 5) is 24.0. The summed E-state index contributed by atoms with van der Waals surface area (Å²) in [5.74, 6) is -0.465. The number of carboxylic acids is 1. The molecule has 3 rings (SSSR count). The summed E-state index contributed by atoms with van der Waals surface area (Å²) in [6, 6.07) is 9.22. The van der Waals surface area contributed by atoms with Crippen molar-refractivity contribution < 1.29 is 19.4 Å². The number of ether oxygens (including phenoxy) is 2. The van der Waals surface area contributed by atoms with Gasteiger partial charge in [-0.25, -0.2) is 4.68 Å². The summed E-state index contributed by atoms with van der Waals surface area (Å²) in [5, 5.41) is 14.9. The lowest BCUT2D eigenvalue weighted by Crippen LogP contribution is -2.34. The minimum atomic E-state index is -1.33. The van der Waals surface area contributed by atoms with E-state index in [9.17, 15) is 14.7 Å². The lowest BCUT2D eigenvalue weighted by atomic mass is 10.1. The number of nitrogens with zero attached hydrogens (tertiary/aromatic N) is 1. The van der Waals surface area contributed by atoms with Gasteiger partial charge in [-0.1, -0.05) is 30.3 Å². The van der Waals surface area contributed by atoms with E-state index in [1.807, 2.05) is 6.92 Å². The molecule has 0 aliphatic rings. The van der Waals surface area contributed by atoms with E-state index in [-0.39, 0.29) is 5.56 Å². The van der Waals surface area contributed by atoms with Crippen molar-refractivity contribution >= 4 is 30.2 Å². The van der Waals surface area contributed by atoms with Gasteiger partial charge >= 0.3 is 0 Å². The molecular formula is C21H18ClN2O5-. The van der Waals surface area contributed by atoms with Crippen LogP contribution in [0.15, 0.2) is 41.2 Å². The van der Waals surface area contributed by atoms with Crippen LogP contribution in [-0.2, 0) is 0 Å². The molecule has 0 fully saturated rings. The highest BCUT2D eigenvalue weighted by Crippen LogP contribution is 2.36. The SMILES string of the molecule is C=c1[nH]n(-c2cccc(C(=O)[O-])c2)c(=O)/c1=C/c1cc(Cl)c(OC)c(OCC)c1. The number of hydrogen-bond donors (Lipinski definition) is 1. The van der Waals surface area contributed by atoms with Crippen LogP contribution < -0.4 is 30.7 Å². The molecule has 8 heteroatoms. The molecule has 1 N–H and O–H groups in total. The molecule has 0 radical (unpaired) electrons. The number of aromatic nitrogens is 2. The number of carbonyl (C=O) groups is 1. The standard InChI is InChI=1S/C21H19ClN2O5/c1-4-29-18-10-13(9-17(22)19(18)28-3)8-16-12(2)23-24(20(16)25)15-7-5-6-14(11-15)21(26)27/h5-11,23H,2,4H2,1,3H3,(H,26,27)/p-1/b16-8+. The third-order valence-corrected chi connectivity index (χ3v) is 4.47. The summed E-state index contributed by atoms with van der Waals surface area (Å²) in [7, 11) is 1.49. The van der Waals surface area contributed by atoms with Crippen LogP contribution in [0, 0.1) is 0 Å². The Hall–Kier alpha value is -3.45. The number of nitrogens with one attached hydrogen (secondary N) is 1. The number of rotatable bonds is 6. The van der Waals surface area contributed by atoms with Crippen molar-refractivity contribution in [2.24, 2.45) is 0 Å². The topological polar surface area (TPSA) is 96.4 Å². The lowest BCUT2D eigenvalue weighted by Gasteiger charge is -2.11. The Morgan fingerprint density at radius 1 is 1.34 bits per heavy atom. The van der Waals surface area contributed by atoms with E-state index in [2.05, 4.69) is 11.7 Å². The maximum Gasteiger partial charge on any atom is 0.279 e. The molecule has 0 saturated carbocycles. The number of carbonyl (C=O) groups excluding carboxylic acids is 1. The molecule has 3 aromatic rings. The van der Waals surface area contributed by atoms with E-state index < -0.39 is 11.5 Å². The smallest absolute Gasteiger partial charge is 0.279 e. The number of hydrogen-bond acceptors (Lipinski definition) is 5. The zero-order valence-electron chi connectivity index (χ0n) is 15.8. The molecule has 150 valence electrons. The second-order valence-corrected chi connectivity index (χ2v) is 6.50. The highest BCUT2D eigenvalue weighted by molar-refractivity contribution is 6.32. The summed E-state index contributed by atoms with van der Waals surface area (Å²) >= 11 is 6.27. The van der Waals surface area contributed by atoms with Crippen LogP contribution in [0.2, 0.25) is 5.02 Å². The van der Waals surface area contributed by atoms with Crippen molar-refractivity contribution in [3.05, 3.63) is 73.5 Å². The van der Waals surface area contributed by atoms with E-state index in [0.29, 0.717) is 44.9 Å². The average molecular weight is 414 g/mol. The third-order valence-electron chi connectivity index (χ3n) is 4.19. The first-order valence-electron chi connectivity index (χ1n) is 8.69. The van der Waals surface area contributed by atoms with Gasteiger partial charge in [-0.05, 0) is 48.4 Å². The van der Waals surface area contributed by atoms with E-state index >= 15 is 0 Å². The molecule has 1 aromatic heterocycles. The predicted molar refractivity (Wildman–Crippen MR) is 108 cm³/mol. The van der Waals surface area contributed by atoms with Gasteiger partial charge in [0.05, 0.1) is 41.0 Å². The Balaban J connectivity index is 2.16. The molecule has 0 saturated heterocycles. The minimum Gasteiger partial charge on any atom is -0.545 e. The molecule has 0 bridgehead atoms. The zero-order chi connectivity index (χ0) is 21.1. The largest absolute Gasteiger partial charge is 0.545 e. The van der Waals surface area contributed by atoms with E-state index in [0.717, 1.165) is 0 Å². The van der Waals surface area contributed by atoms with E-state index in [4.69, 9.17) is 21.1 Å². The molecule has 0 aliphatic heterocycles. The normalized spacial score (nSPS) is 11.5. The average Bonchev–Trinajstić information content (AvgIpc) is 2.96. The van der Waals surface area contributed by atoms with E-state index in [1.54, 1.807) is 24.3 Å². The van der Waals surface area contributed by atoms with Crippen LogP contribution in [0.5, 0.6) is 11.5 Å². The highest BCUT2D eigenvalue weighted by atomic mass is 35.5. The fourth-order valence-corrected chi connectivity index (χ4v) is 3.19. The Bertz CT molecular complexity index is 1240. The number of H-pyrrole nitrogens is 1. The second kappa shape index (κ2) is 8.28. The zero-order valence-corrected chi connectivity index (χ0v) is 16.6. The van der Waals surface area contributed by atoms with Crippen LogP contribution in [0.1, 0.15) is 22.8 Å². The second-order valence-electron chi connectivity index (χ2n) is 6.09. The summed E-state index contributed by atoms with van der Waals surface area (Å²) in [6.07, 6.45) is 1.62. The van der Waals surface area contributed by atoms with Crippen molar-refractivity contribution in [2.75, 3.05) is 13.7 Å². The van der Waals surface area contributed by atoms with Gasteiger partial charge in [0.2, 0.25) is 0 Å². The van der Waals surface area contributed by atoms with Crippen LogP contribution in [0.4, 0.5) is 0 Å². The summed E-state index contributed by atoms with van der Waals surface area (Å²) in [5.41, 5.74) is 0.540. The Labute approximate surface area is 171 Å². The van der Waals surface area contributed by atoms with Gasteiger partial charge in [0, 0.05) is 0 Å². The maximum absolute atomic E-state index is 12.9. The molecule has 29 heavy (non-hydrogen) atoms. The first-order chi connectivity index (χ1) is 13.8. The molecule has 0 unspecified atom stereocenters. The van der Waals surface area contributed by atoms with Gasteiger partial charge in [-0.3, -0.25) is 9.89 Å². The molecule has 0 amide bonds. The molecule has 0 atom stereocenters. The van der Waals surface area contributed by atoms with E-state index in [1.165, 1.54) is 30.0 Å². The van der Waals surface area contributed by atoms with Gasteiger partial charge in [-0.15, -0.1) is 0 Å². The fraction of sp³-hybridized carbons (Fsp3) is 0.143. The quantitative estimate of drug-likeness (QED) is 0.645. The van der Waals surface area contributed by atoms with Crippen LogP contribution in [0.25, 0.3) is 18.3 Å². The lowest BCUT2D eigenvalue weighted by molar-refractivity contribution is -0.255. The third kappa shape index (κ3) is 4.05. The van der Waals surface area contributed by atoms with Crippen molar-refractivity contribution in [3.8, 4) is 17.2 Å². The number of methoxy groups -OCH3 is 1. The van der Waals surface area contributed by atoms with Crippen LogP contribution in [-0.4, -0.2) is 29.5 Å². The molecule has 0 aliphatic carbocycles. The first-order valence-corrected chi connectivity index (χ1v) is 9.07. The molecular weight excluding hydrogens is 396 g/mol. The number of carboxylic acid groups (broad SMARTS) is 1. The number of benzene rings is 2. The van der Waals surface area contributed by atoms with Gasteiger partial charge in [0.1, 0.15) is 0 Å². The molecule has 0 spiro atoms. The van der Waals surface area contributed by atoms with Gasteiger partial charge in [0.25, 0.3) is 5.56 Å². The maximum atomic E-state index is 12.9. The Kier molecular flexibility index (Phi) is 5.79. The number of aromatic amines is 1. The summed E-state index contributed by atoms with van der Waals surface area (Å²) < 4.78 is 12.0. The predicted octanol–water partition coefficient (Wildman–Crippen LogP) is 0.829. The summed E-state index contributed by atoms with van der Waals surface area (Å²) in [6.45, 7) is 6.13. The molecule has 7 nitrogen and oxygen atoms in total. The van der Waals surface area contributed by atoms with Gasteiger partial charge < -0.3 is 19.4 Å². The molecule has 1 heterocycles. The van der Waals surface area contributed by atoms with Crippen molar-refractivity contribution in [1.29, 1.82) is 0 Å². The highest BCUT2D eigenvalue weighted by Gasteiger charge is 2.12. The van der Waals surface area contributed by atoms with Gasteiger partial charge in [-0.2, -0.15) is 0 Å². The number of halogens is 1. The van der Waals surface area contributed by atoms with Crippen molar-refractivity contribution in [3.63, 3.8) is 0 Å². The Morgan fingerprint density at radius 3 is 2.76 bits per heavy atom. The van der Waals surface area contributed by atoms with Crippen LogP contribution in [0.3, 0.4) is 0 Å².